The van der Waals surface area contributed by atoms with E-state index in [1.165, 1.54) is 4.57 Å². The molecule has 152 valence electrons. The van der Waals surface area contributed by atoms with Crippen LogP contribution < -0.4 is 11.3 Å². The molecule has 2 amide bonds. The highest BCUT2D eigenvalue weighted by atomic mass is 16.2. The largest absolute Gasteiger partial charge is 0.369 e. The van der Waals surface area contributed by atoms with Crippen LogP contribution in [0.3, 0.4) is 0 Å². The van der Waals surface area contributed by atoms with Gasteiger partial charge in [-0.2, -0.15) is 5.10 Å². The van der Waals surface area contributed by atoms with E-state index < -0.39 is 0 Å². The van der Waals surface area contributed by atoms with Crippen molar-refractivity contribution in [2.45, 2.75) is 59.0 Å². The molecule has 0 unspecified atom stereocenters. The average molecular weight is 388 g/mol. The normalized spacial score (nSPS) is 15.9. The summed E-state index contributed by atoms with van der Waals surface area (Å²) < 4.78 is 3.28. The molecule has 9 nitrogen and oxygen atoms in total. The maximum atomic E-state index is 12.9. The fraction of sp³-hybridized carbons (Fsp3) is 0.632. The molecule has 1 aliphatic heterocycles. The highest BCUT2D eigenvalue weighted by Crippen LogP contribution is 2.19. The molecular formula is C19H28N6O3. The van der Waals surface area contributed by atoms with Crippen molar-refractivity contribution >= 4 is 22.8 Å². The number of carbonyl (C=O) groups excluding carboxylic acids is 2. The van der Waals surface area contributed by atoms with E-state index in [9.17, 15) is 14.4 Å². The highest BCUT2D eigenvalue weighted by molar-refractivity contribution is 5.79. The smallest absolute Gasteiger partial charge is 0.264 e. The fourth-order valence-electron chi connectivity index (χ4n) is 3.64. The second-order valence-corrected chi connectivity index (χ2v) is 8.39. The van der Waals surface area contributed by atoms with E-state index in [-0.39, 0.29) is 41.8 Å². The molecule has 2 aromatic rings. The lowest BCUT2D eigenvalue weighted by atomic mass is 9.96. The molecule has 0 spiro atoms. The summed E-state index contributed by atoms with van der Waals surface area (Å²) in [4.78, 5) is 43.0. The number of nitrogens with zero attached hydrogens (tertiary/aromatic N) is 5. The number of hydrogen-bond acceptors (Lipinski definition) is 5. The quantitative estimate of drug-likeness (QED) is 0.830. The summed E-state index contributed by atoms with van der Waals surface area (Å²) >= 11 is 0. The van der Waals surface area contributed by atoms with Crippen molar-refractivity contribution in [1.29, 1.82) is 0 Å². The van der Waals surface area contributed by atoms with Gasteiger partial charge in [0.25, 0.3) is 5.56 Å². The molecule has 0 atom stereocenters. The van der Waals surface area contributed by atoms with E-state index >= 15 is 0 Å². The van der Waals surface area contributed by atoms with Gasteiger partial charge in [0.15, 0.2) is 5.65 Å². The molecule has 3 rings (SSSR count). The van der Waals surface area contributed by atoms with Crippen molar-refractivity contribution in [2.75, 3.05) is 13.1 Å². The Bertz CT molecular complexity index is 960. The number of likely N-dealkylation sites (tertiary alicyclic amines) is 1. The predicted molar refractivity (Wildman–Crippen MR) is 105 cm³/mol. The monoisotopic (exact) mass is 388 g/mol. The zero-order valence-electron chi connectivity index (χ0n) is 16.9. The van der Waals surface area contributed by atoms with Gasteiger partial charge in [0.05, 0.1) is 11.7 Å². The third-order valence-corrected chi connectivity index (χ3v) is 5.31. The van der Waals surface area contributed by atoms with Gasteiger partial charge in [0.1, 0.15) is 11.2 Å². The Hall–Kier alpha value is -2.71. The predicted octanol–water partition coefficient (Wildman–Crippen LogP) is 0.770. The van der Waals surface area contributed by atoms with Crippen LogP contribution in [0.2, 0.25) is 0 Å². The first kappa shape index (κ1) is 20.0. The van der Waals surface area contributed by atoms with Gasteiger partial charge in [-0.15, -0.1) is 0 Å². The van der Waals surface area contributed by atoms with E-state index in [4.69, 9.17) is 5.73 Å². The van der Waals surface area contributed by atoms with Crippen molar-refractivity contribution < 1.29 is 9.59 Å². The summed E-state index contributed by atoms with van der Waals surface area (Å²) in [6.45, 7) is 9.09. The molecule has 0 radical (unpaired) electrons. The van der Waals surface area contributed by atoms with Crippen molar-refractivity contribution in [3.63, 3.8) is 0 Å². The van der Waals surface area contributed by atoms with Crippen LogP contribution in [0.4, 0.5) is 0 Å². The molecule has 3 heterocycles. The molecule has 9 heteroatoms. The van der Waals surface area contributed by atoms with Gasteiger partial charge in [-0.3, -0.25) is 19.0 Å². The number of carbonyl (C=O) groups is 2. The molecule has 2 N–H and O–H groups in total. The summed E-state index contributed by atoms with van der Waals surface area (Å²) in [5, 5.41) is 4.78. The van der Waals surface area contributed by atoms with Gasteiger partial charge in [0, 0.05) is 32.0 Å². The SMILES string of the molecule is Cc1nc2c(cnn2C(C)(C)C)c(=O)n1CCC(=O)N1CCC(C(N)=O)CC1. The van der Waals surface area contributed by atoms with Crippen LogP contribution in [-0.4, -0.2) is 49.1 Å². The molecule has 2 aromatic heterocycles. The number of aromatic nitrogens is 4. The standard InChI is InChI=1S/C19H28N6O3/c1-12-22-17-14(11-21-25(17)19(2,3)4)18(28)24(12)10-7-15(26)23-8-5-13(6-9-23)16(20)27/h11,13H,5-10H2,1-4H3,(H2,20,27). The lowest BCUT2D eigenvalue weighted by Gasteiger charge is -2.30. The minimum absolute atomic E-state index is 0.0281. The Labute approximate surface area is 163 Å². The van der Waals surface area contributed by atoms with Gasteiger partial charge < -0.3 is 10.6 Å². The maximum absolute atomic E-state index is 12.9. The van der Waals surface area contributed by atoms with Crippen LogP contribution in [0.25, 0.3) is 11.0 Å². The molecule has 1 fully saturated rings. The van der Waals surface area contributed by atoms with Gasteiger partial charge in [-0.05, 0) is 40.5 Å². The third kappa shape index (κ3) is 3.79. The fourth-order valence-corrected chi connectivity index (χ4v) is 3.64. The summed E-state index contributed by atoms with van der Waals surface area (Å²) in [6, 6.07) is 0. The van der Waals surface area contributed by atoms with Crippen molar-refractivity contribution in [2.24, 2.45) is 11.7 Å². The number of piperidine rings is 1. The Morgan fingerprint density at radius 2 is 1.89 bits per heavy atom. The maximum Gasteiger partial charge on any atom is 0.264 e. The summed E-state index contributed by atoms with van der Waals surface area (Å²) in [5.41, 5.74) is 5.43. The number of amides is 2. The topological polar surface area (TPSA) is 116 Å². The Morgan fingerprint density at radius 3 is 2.46 bits per heavy atom. The Balaban J connectivity index is 1.74. The zero-order valence-corrected chi connectivity index (χ0v) is 16.9. The summed E-state index contributed by atoms with van der Waals surface area (Å²) in [5.74, 6) is 0.0766. The zero-order chi connectivity index (χ0) is 20.6. The lowest BCUT2D eigenvalue weighted by Crippen LogP contribution is -2.42. The van der Waals surface area contributed by atoms with Gasteiger partial charge in [0.2, 0.25) is 11.8 Å². The minimum atomic E-state index is -0.301. The van der Waals surface area contributed by atoms with Gasteiger partial charge in [-0.25, -0.2) is 9.67 Å². The number of nitrogens with two attached hydrogens (primary N) is 1. The van der Waals surface area contributed by atoms with Crippen LogP contribution >= 0.6 is 0 Å². The molecule has 0 bridgehead atoms. The second-order valence-electron chi connectivity index (χ2n) is 8.39. The van der Waals surface area contributed by atoms with Crippen LogP contribution in [0.5, 0.6) is 0 Å². The Kier molecular flexibility index (Phi) is 5.27. The van der Waals surface area contributed by atoms with Crippen molar-refractivity contribution in [1.82, 2.24) is 24.2 Å². The van der Waals surface area contributed by atoms with E-state index in [1.807, 2.05) is 20.8 Å². The first-order valence-corrected chi connectivity index (χ1v) is 9.62. The molecule has 1 saturated heterocycles. The van der Waals surface area contributed by atoms with Gasteiger partial charge >= 0.3 is 0 Å². The molecular weight excluding hydrogens is 360 g/mol. The second kappa shape index (κ2) is 7.37. The molecule has 0 aliphatic carbocycles. The van der Waals surface area contributed by atoms with E-state index in [2.05, 4.69) is 10.1 Å². The Morgan fingerprint density at radius 1 is 1.25 bits per heavy atom. The first-order valence-electron chi connectivity index (χ1n) is 9.62. The molecule has 1 aliphatic rings. The molecule has 0 aromatic carbocycles. The number of rotatable bonds is 4. The number of fused-ring (bicyclic) bond motifs is 1. The van der Waals surface area contributed by atoms with Crippen molar-refractivity contribution in [3.8, 4) is 0 Å². The summed E-state index contributed by atoms with van der Waals surface area (Å²) in [6.07, 6.45) is 2.95. The average Bonchev–Trinajstić information content (AvgIpc) is 3.05. The van der Waals surface area contributed by atoms with Crippen LogP contribution in [0.15, 0.2) is 11.0 Å². The first-order chi connectivity index (χ1) is 13.1. The molecule has 28 heavy (non-hydrogen) atoms. The van der Waals surface area contributed by atoms with Crippen molar-refractivity contribution in [3.05, 3.63) is 22.4 Å². The number of hydrogen-bond donors (Lipinski definition) is 1. The third-order valence-electron chi connectivity index (χ3n) is 5.31. The van der Waals surface area contributed by atoms with E-state index in [0.717, 1.165) is 0 Å². The van der Waals surface area contributed by atoms with Gasteiger partial charge in [-0.1, -0.05) is 0 Å². The number of primary amides is 1. The summed E-state index contributed by atoms with van der Waals surface area (Å²) in [7, 11) is 0. The minimum Gasteiger partial charge on any atom is -0.369 e. The van der Waals surface area contributed by atoms with E-state index in [0.29, 0.717) is 42.8 Å². The van der Waals surface area contributed by atoms with Crippen LogP contribution in [0.1, 0.15) is 45.9 Å². The number of aryl methyl sites for hydroxylation is 1. The van der Waals surface area contributed by atoms with E-state index in [1.54, 1.807) is 22.7 Å². The lowest BCUT2D eigenvalue weighted by molar-refractivity contribution is -0.135. The van der Waals surface area contributed by atoms with Crippen LogP contribution in [0, 0.1) is 12.8 Å². The highest BCUT2D eigenvalue weighted by Gasteiger charge is 2.26. The molecule has 0 saturated carbocycles. The van der Waals surface area contributed by atoms with Crippen LogP contribution in [-0.2, 0) is 21.7 Å².